The molecule has 0 aromatic carbocycles. The van der Waals surface area contributed by atoms with Gasteiger partial charge in [0.05, 0.1) is 16.4 Å². The zero-order valence-corrected chi connectivity index (χ0v) is 20.5. The van der Waals surface area contributed by atoms with E-state index in [1.54, 1.807) is 20.8 Å². The second-order valence-electron chi connectivity index (χ2n) is 11.1. The van der Waals surface area contributed by atoms with E-state index in [9.17, 15) is 19.1 Å². The lowest BCUT2D eigenvalue weighted by Crippen LogP contribution is -2.69. The van der Waals surface area contributed by atoms with E-state index in [-0.39, 0.29) is 24.3 Å². The molecule has 5 rings (SSSR count). The molecule has 5 aliphatic rings. The van der Waals surface area contributed by atoms with E-state index in [1.807, 2.05) is 6.92 Å². The van der Waals surface area contributed by atoms with E-state index in [0.717, 1.165) is 6.08 Å². The smallest absolute Gasteiger partial charge is 0.213 e. The number of hydrogen-bond donors (Lipinski definition) is 1. The van der Waals surface area contributed by atoms with Crippen LogP contribution in [0.2, 0.25) is 0 Å². The molecule has 3 saturated carbocycles. The third-order valence-corrected chi connectivity index (χ3v) is 10.8. The second kappa shape index (κ2) is 6.88. The molecule has 4 fully saturated rings. The predicted molar refractivity (Wildman–Crippen MR) is 117 cm³/mol. The van der Waals surface area contributed by atoms with E-state index in [0.29, 0.717) is 6.42 Å². The summed E-state index contributed by atoms with van der Waals surface area (Å²) < 4.78 is 42.9. The standard InChI is InChI=1S/C24H28Cl2F2O5/c1-20(2)32-17-8-11-12-7-13(27)18-19(28)14(30)5-6-21(18,3)23(12,26)15(25)9-22(11,4)24(17,33-20)16(31)10-29/h5-6,11-13,15,17,29H,7-10H2,1-4H3/t11-,12-,13-,15-,17+,21-,22-,23-,24+/m0/s1. The summed E-state index contributed by atoms with van der Waals surface area (Å²) >= 11 is 14.4. The molecule has 0 amide bonds. The van der Waals surface area contributed by atoms with Gasteiger partial charge in [-0.15, -0.1) is 23.2 Å². The molecule has 1 saturated heterocycles. The Bertz CT molecular complexity index is 1010. The van der Waals surface area contributed by atoms with Crippen LogP contribution in [0.25, 0.3) is 0 Å². The first kappa shape index (κ1) is 23.9. The van der Waals surface area contributed by atoms with Crippen LogP contribution in [0.15, 0.2) is 23.6 Å². The van der Waals surface area contributed by atoms with Crippen LogP contribution in [0, 0.1) is 22.7 Å². The van der Waals surface area contributed by atoms with Crippen molar-refractivity contribution in [3.63, 3.8) is 0 Å². The van der Waals surface area contributed by atoms with E-state index in [2.05, 4.69) is 0 Å². The van der Waals surface area contributed by atoms with Gasteiger partial charge in [0.1, 0.15) is 12.8 Å². The van der Waals surface area contributed by atoms with Crippen LogP contribution in [0.4, 0.5) is 8.78 Å². The number of aliphatic hydroxyl groups excluding tert-OH is 1. The summed E-state index contributed by atoms with van der Waals surface area (Å²) in [7, 11) is 0. The molecule has 9 atom stereocenters. The van der Waals surface area contributed by atoms with Gasteiger partial charge in [-0.2, -0.15) is 0 Å². The summed E-state index contributed by atoms with van der Waals surface area (Å²) in [6.45, 7) is 6.21. The Kier molecular flexibility index (Phi) is 4.97. The highest BCUT2D eigenvalue weighted by molar-refractivity contribution is 6.34. The lowest BCUT2D eigenvalue weighted by atomic mass is 9.46. The van der Waals surface area contributed by atoms with Crippen molar-refractivity contribution in [2.45, 2.75) is 80.9 Å². The van der Waals surface area contributed by atoms with Crippen LogP contribution in [0.5, 0.6) is 0 Å². The van der Waals surface area contributed by atoms with Crippen molar-refractivity contribution in [1.82, 2.24) is 0 Å². The van der Waals surface area contributed by atoms with E-state index < -0.39 is 74.7 Å². The van der Waals surface area contributed by atoms with Crippen LogP contribution in [0.1, 0.15) is 47.0 Å². The van der Waals surface area contributed by atoms with Crippen LogP contribution in [0.3, 0.4) is 0 Å². The largest absolute Gasteiger partial charge is 0.388 e. The van der Waals surface area contributed by atoms with Crippen molar-refractivity contribution in [3.05, 3.63) is 23.6 Å². The molecule has 0 radical (unpaired) electrons. The maximum absolute atomic E-state index is 15.6. The average Bonchev–Trinajstić information content (AvgIpc) is 3.13. The fraction of sp³-hybridized carbons (Fsp3) is 0.750. The molecule has 0 bridgehead atoms. The van der Waals surface area contributed by atoms with Gasteiger partial charge in [0, 0.05) is 16.4 Å². The van der Waals surface area contributed by atoms with Gasteiger partial charge in [-0.3, -0.25) is 9.59 Å². The van der Waals surface area contributed by atoms with Crippen LogP contribution < -0.4 is 0 Å². The van der Waals surface area contributed by atoms with Gasteiger partial charge in [-0.05, 0) is 51.0 Å². The number of allylic oxidation sites excluding steroid dienone is 4. The third kappa shape index (κ3) is 2.58. The summed E-state index contributed by atoms with van der Waals surface area (Å²) in [5.41, 5.74) is -3.92. The summed E-state index contributed by atoms with van der Waals surface area (Å²) in [4.78, 5) is 23.9. The number of Topliss-reactive ketones (excluding diaryl/α,β-unsaturated/α-hetero) is 1. The second-order valence-corrected chi connectivity index (χ2v) is 12.2. The third-order valence-electron chi connectivity index (χ3n) is 9.21. The van der Waals surface area contributed by atoms with Gasteiger partial charge < -0.3 is 14.6 Å². The molecular formula is C24H28Cl2F2O5. The van der Waals surface area contributed by atoms with Crippen molar-refractivity contribution in [2.24, 2.45) is 22.7 Å². The maximum Gasteiger partial charge on any atom is 0.213 e. The van der Waals surface area contributed by atoms with E-state index >= 15 is 4.39 Å². The number of fused-ring (bicyclic) bond motifs is 7. The molecule has 182 valence electrons. The Hall–Kier alpha value is -0.860. The van der Waals surface area contributed by atoms with Crippen molar-refractivity contribution < 1.29 is 33.0 Å². The number of carbonyl (C=O) groups excluding carboxylic acids is 2. The molecule has 0 spiro atoms. The van der Waals surface area contributed by atoms with Crippen LogP contribution in [-0.2, 0) is 19.1 Å². The molecular weight excluding hydrogens is 477 g/mol. The first-order valence-corrected chi connectivity index (χ1v) is 12.1. The number of ether oxygens (including phenoxy) is 2. The molecule has 33 heavy (non-hydrogen) atoms. The minimum atomic E-state index is -1.73. The normalized spacial score (nSPS) is 52.3. The first-order valence-electron chi connectivity index (χ1n) is 11.3. The van der Waals surface area contributed by atoms with Gasteiger partial charge in [-0.1, -0.05) is 19.9 Å². The number of carbonyl (C=O) groups is 2. The van der Waals surface area contributed by atoms with E-state index in [4.69, 9.17) is 32.7 Å². The average molecular weight is 505 g/mol. The summed E-state index contributed by atoms with van der Waals surface area (Å²) in [6, 6.07) is 0. The van der Waals surface area contributed by atoms with Crippen molar-refractivity contribution in [3.8, 4) is 0 Å². The van der Waals surface area contributed by atoms with Crippen molar-refractivity contribution in [1.29, 1.82) is 0 Å². The van der Waals surface area contributed by atoms with Crippen molar-refractivity contribution >= 4 is 34.8 Å². The first-order chi connectivity index (χ1) is 15.2. The molecule has 4 aliphatic carbocycles. The minimum Gasteiger partial charge on any atom is -0.388 e. The number of ketones is 2. The highest BCUT2D eigenvalue weighted by Crippen LogP contribution is 2.74. The zero-order valence-electron chi connectivity index (χ0n) is 19.0. The predicted octanol–water partition coefficient (Wildman–Crippen LogP) is 4.18. The fourth-order valence-electron chi connectivity index (χ4n) is 7.95. The molecule has 1 heterocycles. The maximum atomic E-state index is 15.6. The van der Waals surface area contributed by atoms with Gasteiger partial charge in [-0.25, -0.2) is 8.78 Å². The lowest BCUT2D eigenvalue weighted by Gasteiger charge is -2.64. The Balaban J connectivity index is 1.67. The molecule has 1 aliphatic heterocycles. The Morgan fingerprint density at radius 3 is 2.55 bits per heavy atom. The van der Waals surface area contributed by atoms with Crippen LogP contribution in [-0.4, -0.2) is 57.2 Å². The van der Waals surface area contributed by atoms with Gasteiger partial charge in [0.2, 0.25) is 5.78 Å². The molecule has 0 aromatic heterocycles. The topological polar surface area (TPSA) is 72.8 Å². The molecule has 0 unspecified atom stereocenters. The molecule has 1 N–H and O–H groups in total. The summed E-state index contributed by atoms with van der Waals surface area (Å²) in [6.07, 6.45) is 0.642. The summed E-state index contributed by atoms with van der Waals surface area (Å²) in [5, 5.41) is 9.05. The number of rotatable bonds is 2. The zero-order chi connectivity index (χ0) is 24.4. The Morgan fingerprint density at radius 1 is 1.24 bits per heavy atom. The number of halogens is 4. The SMILES string of the molecule is CC1(C)O[C@@H]2C[C@H]3[C@@H]4C[C@H](F)C5=C(F)C(=O)C=C[C@]5(C)[C@@]4(Cl)[C@@H](Cl)C[C@]3(C)[C@]2(C(=O)CO)O1. The van der Waals surface area contributed by atoms with Crippen molar-refractivity contribution in [2.75, 3.05) is 6.61 Å². The fourth-order valence-corrected chi connectivity index (χ4v) is 9.14. The lowest BCUT2D eigenvalue weighted by molar-refractivity contribution is -0.214. The summed E-state index contributed by atoms with van der Waals surface area (Å²) in [5.74, 6) is -4.42. The van der Waals surface area contributed by atoms with Gasteiger partial charge in [0.25, 0.3) is 0 Å². The van der Waals surface area contributed by atoms with E-state index in [1.165, 1.54) is 6.08 Å². The monoisotopic (exact) mass is 504 g/mol. The van der Waals surface area contributed by atoms with Gasteiger partial charge >= 0.3 is 0 Å². The quantitative estimate of drug-likeness (QED) is 0.571. The number of aliphatic hydroxyl groups is 1. The van der Waals surface area contributed by atoms with Gasteiger partial charge in [0.15, 0.2) is 23.0 Å². The Morgan fingerprint density at radius 2 is 1.91 bits per heavy atom. The Labute approximate surface area is 201 Å². The minimum absolute atomic E-state index is 0.133. The molecule has 5 nitrogen and oxygen atoms in total. The highest BCUT2D eigenvalue weighted by atomic mass is 35.5. The van der Waals surface area contributed by atoms with Crippen LogP contribution >= 0.6 is 23.2 Å². The highest BCUT2D eigenvalue weighted by Gasteiger charge is 2.80. The molecule has 9 heteroatoms. The number of hydrogen-bond acceptors (Lipinski definition) is 5. The number of alkyl halides is 3. The molecule has 0 aromatic rings.